The summed E-state index contributed by atoms with van der Waals surface area (Å²) in [5, 5.41) is 0. The van der Waals surface area contributed by atoms with Crippen LogP contribution in [0.1, 0.15) is 44.4 Å². The number of nitrogens with two attached hydrogens (primary N) is 1. The van der Waals surface area contributed by atoms with Crippen LogP contribution >= 0.6 is 0 Å². The lowest BCUT2D eigenvalue weighted by Gasteiger charge is -2.31. The Morgan fingerprint density at radius 1 is 1.18 bits per heavy atom. The van der Waals surface area contributed by atoms with Crippen molar-refractivity contribution in [2.24, 2.45) is 5.73 Å². The van der Waals surface area contributed by atoms with Gasteiger partial charge >= 0.3 is 0 Å². The Hall–Kier alpha value is -0.860. The summed E-state index contributed by atoms with van der Waals surface area (Å²) in [5.74, 6) is 0. The Morgan fingerprint density at radius 2 is 1.88 bits per heavy atom. The van der Waals surface area contributed by atoms with Crippen molar-refractivity contribution in [3.8, 4) is 0 Å². The second-order valence-electron chi connectivity index (χ2n) is 4.43. The van der Waals surface area contributed by atoms with E-state index in [1.807, 2.05) is 0 Å². The Kier molecular flexibility index (Phi) is 6.23. The zero-order chi connectivity index (χ0) is 12.7. The van der Waals surface area contributed by atoms with Gasteiger partial charge in [-0.05, 0) is 37.1 Å². The number of aryl methyl sites for hydroxylation is 1. The number of rotatable bonds is 7. The lowest BCUT2D eigenvalue weighted by atomic mass is 9.97. The number of benzene rings is 1. The molecular weight excluding hydrogens is 208 g/mol. The Balaban J connectivity index is 2.98. The highest BCUT2D eigenvalue weighted by Gasteiger charge is 2.18. The second kappa shape index (κ2) is 7.46. The van der Waals surface area contributed by atoms with E-state index in [0.717, 1.165) is 19.5 Å². The standard InChI is InChI=1S/C15H26N2/c1-4-11-17(6-3)15(12-16)14-10-8-7-9-13(14)5-2/h7-10,15H,4-6,11-12,16H2,1-3H3. The Bertz CT molecular complexity index is 322. The Labute approximate surface area is 106 Å². The first-order chi connectivity index (χ1) is 8.28. The van der Waals surface area contributed by atoms with Crippen LogP contribution < -0.4 is 5.73 Å². The third-order valence-corrected chi connectivity index (χ3v) is 3.38. The van der Waals surface area contributed by atoms with Gasteiger partial charge in [0.25, 0.3) is 0 Å². The molecule has 96 valence electrons. The monoisotopic (exact) mass is 234 g/mol. The van der Waals surface area contributed by atoms with Gasteiger partial charge in [0.15, 0.2) is 0 Å². The van der Waals surface area contributed by atoms with E-state index in [0.29, 0.717) is 12.6 Å². The molecule has 0 amide bonds. The van der Waals surface area contributed by atoms with Crippen LogP contribution in [0, 0.1) is 0 Å². The minimum atomic E-state index is 0.371. The zero-order valence-corrected chi connectivity index (χ0v) is 11.4. The molecule has 0 bridgehead atoms. The van der Waals surface area contributed by atoms with Gasteiger partial charge in [0.1, 0.15) is 0 Å². The van der Waals surface area contributed by atoms with Crippen molar-refractivity contribution in [3.05, 3.63) is 35.4 Å². The number of nitrogens with zero attached hydrogens (tertiary/aromatic N) is 1. The normalized spacial score (nSPS) is 13.0. The number of hydrogen-bond donors (Lipinski definition) is 1. The topological polar surface area (TPSA) is 29.3 Å². The van der Waals surface area contributed by atoms with Gasteiger partial charge in [-0.3, -0.25) is 4.90 Å². The highest BCUT2D eigenvalue weighted by molar-refractivity contribution is 5.30. The summed E-state index contributed by atoms with van der Waals surface area (Å²) in [5.41, 5.74) is 8.83. The highest BCUT2D eigenvalue weighted by atomic mass is 15.2. The van der Waals surface area contributed by atoms with E-state index < -0.39 is 0 Å². The smallest absolute Gasteiger partial charge is 0.0473 e. The van der Waals surface area contributed by atoms with Gasteiger partial charge in [-0.2, -0.15) is 0 Å². The third-order valence-electron chi connectivity index (χ3n) is 3.38. The predicted molar refractivity (Wildman–Crippen MR) is 75.2 cm³/mol. The quantitative estimate of drug-likeness (QED) is 0.786. The Morgan fingerprint density at radius 3 is 2.41 bits per heavy atom. The van der Waals surface area contributed by atoms with Gasteiger partial charge in [0, 0.05) is 12.6 Å². The van der Waals surface area contributed by atoms with Crippen molar-refractivity contribution in [2.45, 2.75) is 39.7 Å². The molecule has 0 spiro atoms. The fourth-order valence-electron chi connectivity index (χ4n) is 2.48. The van der Waals surface area contributed by atoms with E-state index in [9.17, 15) is 0 Å². The van der Waals surface area contributed by atoms with Crippen LogP contribution in [0.4, 0.5) is 0 Å². The van der Waals surface area contributed by atoms with Crippen LogP contribution in [0.2, 0.25) is 0 Å². The molecule has 1 aromatic carbocycles. The van der Waals surface area contributed by atoms with E-state index in [1.54, 1.807) is 0 Å². The van der Waals surface area contributed by atoms with Crippen LogP contribution in [0.15, 0.2) is 24.3 Å². The van der Waals surface area contributed by atoms with Crippen molar-refractivity contribution in [1.29, 1.82) is 0 Å². The molecule has 1 unspecified atom stereocenters. The molecule has 0 aliphatic heterocycles. The van der Waals surface area contributed by atoms with Crippen LogP contribution in [0.5, 0.6) is 0 Å². The van der Waals surface area contributed by atoms with Crippen molar-refractivity contribution in [3.63, 3.8) is 0 Å². The molecule has 0 heterocycles. The molecule has 0 aromatic heterocycles. The maximum absolute atomic E-state index is 5.99. The van der Waals surface area contributed by atoms with E-state index in [-0.39, 0.29) is 0 Å². The predicted octanol–water partition coefficient (Wildman–Crippen LogP) is 2.98. The van der Waals surface area contributed by atoms with Gasteiger partial charge < -0.3 is 5.73 Å². The van der Waals surface area contributed by atoms with Gasteiger partial charge in [0.2, 0.25) is 0 Å². The lowest BCUT2D eigenvalue weighted by Crippen LogP contribution is -2.34. The van der Waals surface area contributed by atoms with Crippen LogP contribution in [0.3, 0.4) is 0 Å². The van der Waals surface area contributed by atoms with Crippen molar-refractivity contribution < 1.29 is 0 Å². The number of likely N-dealkylation sites (N-methyl/N-ethyl adjacent to an activating group) is 1. The maximum atomic E-state index is 5.99. The summed E-state index contributed by atoms with van der Waals surface area (Å²) >= 11 is 0. The van der Waals surface area contributed by atoms with E-state index in [4.69, 9.17) is 5.73 Å². The zero-order valence-electron chi connectivity index (χ0n) is 11.4. The first-order valence-corrected chi connectivity index (χ1v) is 6.80. The summed E-state index contributed by atoms with van der Waals surface area (Å²) in [6.07, 6.45) is 2.26. The molecule has 0 saturated heterocycles. The van der Waals surface area contributed by atoms with E-state index in [2.05, 4.69) is 49.9 Å². The molecule has 2 heteroatoms. The van der Waals surface area contributed by atoms with Gasteiger partial charge in [-0.1, -0.05) is 45.0 Å². The summed E-state index contributed by atoms with van der Waals surface area (Å²) in [4.78, 5) is 2.48. The highest BCUT2D eigenvalue weighted by Crippen LogP contribution is 2.23. The molecule has 0 saturated carbocycles. The van der Waals surface area contributed by atoms with Crippen molar-refractivity contribution in [1.82, 2.24) is 4.90 Å². The minimum absolute atomic E-state index is 0.371. The van der Waals surface area contributed by atoms with Crippen LogP contribution in [-0.2, 0) is 6.42 Å². The molecular formula is C15H26N2. The number of hydrogen-bond acceptors (Lipinski definition) is 2. The third kappa shape index (κ3) is 3.55. The maximum Gasteiger partial charge on any atom is 0.0473 e. The molecule has 2 nitrogen and oxygen atoms in total. The summed E-state index contributed by atoms with van der Waals surface area (Å²) in [6.45, 7) is 9.53. The molecule has 1 aromatic rings. The molecule has 2 N–H and O–H groups in total. The van der Waals surface area contributed by atoms with Gasteiger partial charge in [-0.15, -0.1) is 0 Å². The second-order valence-corrected chi connectivity index (χ2v) is 4.43. The molecule has 1 rings (SSSR count). The first-order valence-electron chi connectivity index (χ1n) is 6.80. The average Bonchev–Trinajstić information content (AvgIpc) is 2.39. The fraction of sp³-hybridized carbons (Fsp3) is 0.600. The fourth-order valence-corrected chi connectivity index (χ4v) is 2.48. The SMILES string of the molecule is CCCN(CC)C(CN)c1ccccc1CC. The summed E-state index contributed by atoms with van der Waals surface area (Å²) in [7, 11) is 0. The molecule has 17 heavy (non-hydrogen) atoms. The molecule has 0 aliphatic carbocycles. The lowest BCUT2D eigenvalue weighted by molar-refractivity contribution is 0.212. The van der Waals surface area contributed by atoms with E-state index >= 15 is 0 Å². The molecule has 1 atom stereocenters. The minimum Gasteiger partial charge on any atom is -0.329 e. The molecule has 0 radical (unpaired) electrons. The first kappa shape index (κ1) is 14.2. The summed E-state index contributed by atoms with van der Waals surface area (Å²) < 4.78 is 0. The molecule has 0 fully saturated rings. The van der Waals surface area contributed by atoms with Crippen LogP contribution in [0.25, 0.3) is 0 Å². The van der Waals surface area contributed by atoms with Gasteiger partial charge in [0.05, 0.1) is 0 Å². The van der Waals surface area contributed by atoms with Crippen molar-refractivity contribution in [2.75, 3.05) is 19.6 Å². The largest absolute Gasteiger partial charge is 0.329 e. The van der Waals surface area contributed by atoms with Gasteiger partial charge in [-0.25, -0.2) is 0 Å². The molecule has 0 aliphatic rings. The summed E-state index contributed by atoms with van der Waals surface area (Å²) in [6, 6.07) is 9.06. The van der Waals surface area contributed by atoms with Crippen LogP contribution in [-0.4, -0.2) is 24.5 Å². The average molecular weight is 234 g/mol. The van der Waals surface area contributed by atoms with E-state index in [1.165, 1.54) is 17.5 Å². The van der Waals surface area contributed by atoms with Crippen molar-refractivity contribution >= 4 is 0 Å².